The summed E-state index contributed by atoms with van der Waals surface area (Å²) in [7, 11) is 1.49. The summed E-state index contributed by atoms with van der Waals surface area (Å²) in [5.74, 6) is -2.00. The maximum absolute atomic E-state index is 15.1. The number of hydrogen-bond donors (Lipinski definition) is 1. The summed E-state index contributed by atoms with van der Waals surface area (Å²) < 4.78 is 33.9. The quantitative estimate of drug-likeness (QED) is 0.386. The van der Waals surface area contributed by atoms with Crippen molar-refractivity contribution in [2.24, 2.45) is 0 Å². The monoisotopic (exact) mass is 488 g/mol. The Hall–Kier alpha value is -4.66. The summed E-state index contributed by atoms with van der Waals surface area (Å²) in [6.07, 6.45) is 4.04. The highest BCUT2D eigenvalue weighted by Crippen LogP contribution is 2.30. The number of halogens is 2. The number of anilines is 1. The van der Waals surface area contributed by atoms with Gasteiger partial charge in [0.2, 0.25) is 0 Å². The minimum absolute atomic E-state index is 0.0238. The summed E-state index contributed by atoms with van der Waals surface area (Å²) in [6, 6.07) is 16.4. The van der Waals surface area contributed by atoms with Crippen LogP contribution >= 0.6 is 0 Å². The van der Waals surface area contributed by atoms with Crippen LogP contribution in [0.2, 0.25) is 0 Å². The second-order valence-corrected chi connectivity index (χ2v) is 7.76. The van der Waals surface area contributed by atoms with Crippen LogP contribution in [0.4, 0.5) is 14.5 Å². The fraction of sp³-hybridized carbons (Fsp3) is 0.111. The van der Waals surface area contributed by atoms with Gasteiger partial charge < -0.3 is 15.0 Å². The number of para-hydroxylation sites is 1. The van der Waals surface area contributed by atoms with E-state index in [0.717, 1.165) is 0 Å². The predicted octanol–water partition coefficient (Wildman–Crippen LogP) is 4.79. The molecule has 1 aromatic heterocycles. The number of ether oxygens (including phenoxy) is 1. The normalized spacial score (nSPS) is 11.4. The Morgan fingerprint density at radius 1 is 0.972 bits per heavy atom. The molecule has 1 unspecified atom stereocenters. The van der Waals surface area contributed by atoms with E-state index in [4.69, 9.17) is 4.74 Å². The Kier molecular flexibility index (Phi) is 7.60. The lowest BCUT2D eigenvalue weighted by Gasteiger charge is -2.31. The molecule has 0 fully saturated rings. The Balaban J connectivity index is 1.82. The number of methoxy groups -OCH3 is 1. The minimum Gasteiger partial charge on any atom is -0.496 e. The van der Waals surface area contributed by atoms with Gasteiger partial charge >= 0.3 is 0 Å². The Morgan fingerprint density at radius 3 is 2.39 bits per heavy atom. The molecule has 1 N–H and O–H groups in total. The van der Waals surface area contributed by atoms with Gasteiger partial charge in [0.05, 0.1) is 19.9 Å². The van der Waals surface area contributed by atoms with Gasteiger partial charge in [-0.25, -0.2) is 13.8 Å². The molecule has 0 radical (unpaired) electrons. The van der Waals surface area contributed by atoms with Crippen molar-refractivity contribution in [1.82, 2.24) is 14.9 Å². The first-order valence-electron chi connectivity index (χ1n) is 11.0. The van der Waals surface area contributed by atoms with E-state index in [0.29, 0.717) is 11.3 Å². The molecule has 0 aliphatic heterocycles. The van der Waals surface area contributed by atoms with E-state index in [1.807, 2.05) is 0 Å². The number of carbonyl (C=O) groups is 2. The molecule has 36 heavy (non-hydrogen) atoms. The van der Waals surface area contributed by atoms with Crippen LogP contribution in [0.3, 0.4) is 0 Å². The van der Waals surface area contributed by atoms with Crippen molar-refractivity contribution >= 4 is 17.5 Å². The summed E-state index contributed by atoms with van der Waals surface area (Å²) in [6.45, 7) is -0.102. The summed E-state index contributed by atoms with van der Waals surface area (Å²) in [5, 5.41) is 2.66. The molecule has 4 rings (SSSR count). The van der Waals surface area contributed by atoms with Crippen LogP contribution in [-0.4, -0.2) is 33.8 Å². The van der Waals surface area contributed by atoms with Gasteiger partial charge in [-0.2, -0.15) is 0 Å². The topological polar surface area (TPSA) is 84.4 Å². The number of nitrogens with one attached hydrogen (secondary N) is 1. The molecule has 0 spiro atoms. The van der Waals surface area contributed by atoms with E-state index >= 15 is 4.39 Å². The third kappa shape index (κ3) is 5.52. The maximum atomic E-state index is 15.1. The van der Waals surface area contributed by atoms with Crippen molar-refractivity contribution in [3.8, 4) is 5.75 Å². The van der Waals surface area contributed by atoms with E-state index in [2.05, 4.69) is 15.3 Å². The smallest absolute Gasteiger partial charge is 0.275 e. The van der Waals surface area contributed by atoms with Crippen molar-refractivity contribution in [3.05, 3.63) is 120 Å². The number of aromatic nitrogens is 2. The van der Waals surface area contributed by atoms with Crippen molar-refractivity contribution in [1.29, 1.82) is 0 Å². The number of benzene rings is 3. The average Bonchev–Trinajstić information content (AvgIpc) is 2.91. The fourth-order valence-corrected chi connectivity index (χ4v) is 3.75. The van der Waals surface area contributed by atoms with Crippen LogP contribution < -0.4 is 10.1 Å². The Morgan fingerprint density at radius 2 is 1.69 bits per heavy atom. The molecule has 0 bridgehead atoms. The van der Waals surface area contributed by atoms with Crippen molar-refractivity contribution in [2.75, 3.05) is 12.4 Å². The number of carbonyl (C=O) groups excluding carboxylic acids is 2. The zero-order chi connectivity index (χ0) is 25.5. The molecule has 0 saturated heterocycles. The first kappa shape index (κ1) is 24.5. The molecule has 0 saturated carbocycles. The standard InChI is InChI=1S/C27H22F2N4O3/c1-36-24-9-5-2-6-18(24)17-33(27(35)23-16-30-14-15-31-23)25(21-7-3-4-8-22(21)29)26(34)32-20-12-10-19(28)11-13-20/h2-16,25H,17H2,1H3,(H,32,34). The molecule has 9 heteroatoms. The molecule has 182 valence electrons. The fourth-order valence-electron chi connectivity index (χ4n) is 3.75. The highest BCUT2D eigenvalue weighted by atomic mass is 19.1. The van der Waals surface area contributed by atoms with Crippen LogP contribution in [0.15, 0.2) is 91.4 Å². The largest absolute Gasteiger partial charge is 0.496 e. The molecule has 1 atom stereocenters. The van der Waals surface area contributed by atoms with E-state index in [9.17, 15) is 14.0 Å². The number of amides is 2. The van der Waals surface area contributed by atoms with Gasteiger partial charge in [0, 0.05) is 29.2 Å². The second-order valence-electron chi connectivity index (χ2n) is 7.76. The Labute approximate surface area is 206 Å². The Bertz CT molecular complexity index is 1350. The predicted molar refractivity (Wildman–Crippen MR) is 129 cm³/mol. The molecular formula is C27H22F2N4O3. The van der Waals surface area contributed by atoms with Gasteiger partial charge in [-0.3, -0.25) is 14.6 Å². The highest BCUT2D eigenvalue weighted by Gasteiger charge is 2.35. The molecule has 3 aromatic carbocycles. The third-order valence-corrected chi connectivity index (χ3v) is 5.45. The van der Waals surface area contributed by atoms with E-state index in [-0.39, 0.29) is 23.5 Å². The second kappa shape index (κ2) is 11.2. The van der Waals surface area contributed by atoms with Gasteiger partial charge in [0.25, 0.3) is 11.8 Å². The van der Waals surface area contributed by atoms with Crippen molar-refractivity contribution in [3.63, 3.8) is 0 Å². The third-order valence-electron chi connectivity index (χ3n) is 5.45. The first-order chi connectivity index (χ1) is 17.5. The van der Waals surface area contributed by atoms with Crippen LogP contribution in [-0.2, 0) is 11.3 Å². The molecule has 0 aliphatic carbocycles. The number of rotatable bonds is 8. The zero-order valence-electron chi connectivity index (χ0n) is 19.3. The number of hydrogen-bond acceptors (Lipinski definition) is 5. The van der Waals surface area contributed by atoms with E-state index in [1.165, 1.54) is 73.1 Å². The lowest BCUT2D eigenvalue weighted by Crippen LogP contribution is -2.41. The van der Waals surface area contributed by atoms with Gasteiger partial charge in [-0.05, 0) is 36.4 Å². The van der Waals surface area contributed by atoms with Gasteiger partial charge in [-0.1, -0.05) is 36.4 Å². The van der Waals surface area contributed by atoms with Crippen molar-refractivity contribution < 1.29 is 23.1 Å². The van der Waals surface area contributed by atoms with Crippen LogP contribution in [0.1, 0.15) is 27.7 Å². The molecule has 0 aliphatic rings. The number of nitrogens with zero attached hydrogens (tertiary/aromatic N) is 3. The van der Waals surface area contributed by atoms with E-state index < -0.39 is 29.5 Å². The molecular weight excluding hydrogens is 466 g/mol. The van der Waals surface area contributed by atoms with Gasteiger partial charge in [0.15, 0.2) is 0 Å². The lowest BCUT2D eigenvalue weighted by molar-refractivity contribution is -0.121. The van der Waals surface area contributed by atoms with Crippen LogP contribution in [0, 0.1) is 11.6 Å². The molecule has 4 aromatic rings. The van der Waals surface area contributed by atoms with Gasteiger partial charge in [0.1, 0.15) is 29.1 Å². The van der Waals surface area contributed by atoms with Crippen molar-refractivity contribution in [2.45, 2.75) is 12.6 Å². The minimum atomic E-state index is -1.41. The molecule has 7 nitrogen and oxygen atoms in total. The van der Waals surface area contributed by atoms with E-state index in [1.54, 1.807) is 30.3 Å². The summed E-state index contributed by atoms with van der Waals surface area (Å²) >= 11 is 0. The molecule has 2 amide bonds. The summed E-state index contributed by atoms with van der Waals surface area (Å²) in [5.41, 5.74) is 0.827. The van der Waals surface area contributed by atoms with Crippen LogP contribution in [0.25, 0.3) is 0 Å². The summed E-state index contributed by atoms with van der Waals surface area (Å²) in [4.78, 5) is 36.6. The van der Waals surface area contributed by atoms with Crippen LogP contribution in [0.5, 0.6) is 5.75 Å². The highest BCUT2D eigenvalue weighted by molar-refractivity contribution is 6.01. The maximum Gasteiger partial charge on any atom is 0.275 e. The molecule has 1 heterocycles. The average molecular weight is 488 g/mol. The lowest BCUT2D eigenvalue weighted by atomic mass is 10.0. The zero-order valence-corrected chi connectivity index (χ0v) is 19.3. The van der Waals surface area contributed by atoms with Gasteiger partial charge in [-0.15, -0.1) is 0 Å². The first-order valence-corrected chi connectivity index (χ1v) is 11.0. The SMILES string of the molecule is COc1ccccc1CN(C(=O)c1cnccn1)C(C(=O)Nc1ccc(F)cc1)c1ccccc1F.